The van der Waals surface area contributed by atoms with E-state index >= 15 is 0 Å². The van der Waals surface area contributed by atoms with Crippen LogP contribution in [0.1, 0.15) is 48.0 Å². The van der Waals surface area contributed by atoms with Crippen LogP contribution in [0.2, 0.25) is 0 Å². The Labute approximate surface area is 99.1 Å². The van der Waals surface area contributed by atoms with Gasteiger partial charge in [0.05, 0.1) is 12.0 Å². The first-order valence-electron chi connectivity index (χ1n) is 6.16. The van der Waals surface area contributed by atoms with Gasteiger partial charge in [0.25, 0.3) is 0 Å². The first kappa shape index (κ1) is 13.3. The molecule has 1 fully saturated rings. The topological polar surface area (TPSA) is 26.3 Å². The van der Waals surface area contributed by atoms with E-state index in [2.05, 4.69) is 33.8 Å². The molecule has 1 aliphatic rings. The van der Waals surface area contributed by atoms with Gasteiger partial charge >= 0.3 is 5.97 Å². The Balaban J connectivity index is 2.63. The van der Waals surface area contributed by atoms with Crippen molar-refractivity contribution in [2.24, 2.45) is 17.3 Å². The van der Waals surface area contributed by atoms with Crippen molar-refractivity contribution >= 4 is 5.97 Å². The highest BCUT2D eigenvalue weighted by Gasteiger charge is 2.61. The monoisotopic (exact) mass is 224 g/mol. The summed E-state index contributed by atoms with van der Waals surface area (Å²) in [6.45, 7) is 12.4. The summed E-state index contributed by atoms with van der Waals surface area (Å²) in [5.41, 5.74) is 1.35. The second kappa shape index (κ2) is 4.60. The van der Waals surface area contributed by atoms with Crippen LogP contribution in [0, 0.1) is 17.3 Å². The fraction of sp³-hybridized carbons (Fsp3) is 0.786. The maximum absolute atomic E-state index is 11.9. The van der Waals surface area contributed by atoms with Crippen LogP contribution in [-0.4, -0.2) is 12.1 Å². The van der Waals surface area contributed by atoms with Gasteiger partial charge < -0.3 is 4.74 Å². The molecule has 92 valence electrons. The van der Waals surface area contributed by atoms with Gasteiger partial charge in [-0.25, -0.2) is 0 Å². The highest BCUT2D eigenvalue weighted by atomic mass is 16.5. The van der Waals surface area contributed by atoms with Crippen LogP contribution in [0.15, 0.2) is 11.6 Å². The molecule has 2 nitrogen and oxygen atoms in total. The minimum Gasteiger partial charge on any atom is -0.462 e. The third-order valence-electron chi connectivity index (χ3n) is 3.57. The maximum atomic E-state index is 11.9. The lowest BCUT2D eigenvalue weighted by atomic mass is 10.1. The number of hydrogen-bond acceptors (Lipinski definition) is 2. The van der Waals surface area contributed by atoms with E-state index in [1.807, 2.05) is 13.8 Å². The van der Waals surface area contributed by atoms with E-state index in [-0.39, 0.29) is 23.4 Å². The number of rotatable bonds is 4. The molecule has 2 heteroatoms. The Hall–Kier alpha value is -0.790. The van der Waals surface area contributed by atoms with E-state index in [0.29, 0.717) is 5.92 Å². The molecule has 0 aromatic rings. The molecule has 0 spiro atoms. The highest BCUT2D eigenvalue weighted by Crippen LogP contribution is 2.59. The van der Waals surface area contributed by atoms with E-state index in [4.69, 9.17) is 4.74 Å². The lowest BCUT2D eigenvalue weighted by Crippen LogP contribution is -2.17. The number of esters is 1. The summed E-state index contributed by atoms with van der Waals surface area (Å²) in [5, 5.41) is 0. The summed E-state index contributed by atoms with van der Waals surface area (Å²) < 4.78 is 5.40. The summed E-state index contributed by atoms with van der Waals surface area (Å²) in [5.74, 6) is 0.382. The third kappa shape index (κ3) is 2.66. The molecule has 0 N–H and O–H groups in total. The predicted molar refractivity (Wildman–Crippen MR) is 66.0 cm³/mol. The fourth-order valence-electron chi connectivity index (χ4n) is 2.15. The fourth-order valence-corrected chi connectivity index (χ4v) is 2.15. The molecule has 0 aromatic carbocycles. The quantitative estimate of drug-likeness (QED) is 0.539. The lowest BCUT2D eigenvalue weighted by molar-refractivity contribution is -0.150. The molecular weight excluding hydrogens is 200 g/mol. The molecule has 1 rings (SSSR count). The zero-order valence-corrected chi connectivity index (χ0v) is 11.3. The summed E-state index contributed by atoms with van der Waals surface area (Å²) >= 11 is 0. The second-order valence-electron chi connectivity index (χ2n) is 5.72. The van der Waals surface area contributed by atoms with Gasteiger partial charge in [-0.3, -0.25) is 4.79 Å². The van der Waals surface area contributed by atoms with Crippen molar-refractivity contribution in [3.8, 4) is 0 Å². The van der Waals surface area contributed by atoms with Gasteiger partial charge in [-0.05, 0) is 38.5 Å². The Bertz CT molecular complexity index is 298. The average molecular weight is 224 g/mol. The Kier molecular flexibility index (Phi) is 3.82. The normalized spacial score (nSPS) is 28.1. The zero-order chi connectivity index (χ0) is 12.5. The minimum absolute atomic E-state index is 0.0261. The van der Waals surface area contributed by atoms with Gasteiger partial charge in [0.15, 0.2) is 0 Å². The summed E-state index contributed by atoms with van der Waals surface area (Å²) in [6, 6.07) is 0. The predicted octanol–water partition coefficient (Wildman–Crippen LogP) is 3.57. The van der Waals surface area contributed by atoms with Gasteiger partial charge in [0.1, 0.15) is 0 Å². The molecule has 0 amide bonds. The smallest absolute Gasteiger partial charge is 0.310 e. The summed E-state index contributed by atoms with van der Waals surface area (Å²) in [4.78, 5) is 11.9. The van der Waals surface area contributed by atoms with Crippen molar-refractivity contribution in [2.75, 3.05) is 0 Å². The van der Waals surface area contributed by atoms with Crippen molar-refractivity contribution < 1.29 is 9.53 Å². The van der Waals surface area contributed by atoms with Crippen molar-refractivity contribution in [3.05, 3.63) is 11.6 Å². The first-order chi connectivity index (χ1) is 7.30. The molecule has 3 atom stereocenters. The molecule has 1 saturated carbocycles. The number of carbonyl (C=O) groups excluding carboxylic acids is 1. The van der Waals surface area contributed by atoms with Gasteiger partial charge in [0, 0.05) is 0 Å². The maximum Gasteiger partial charge on any atom is 0.310 e. The molecule has 0 heterocycles. The van der Waals surface area contributed by atoms with E-state index in [0.717, 1.165) is 6.42 Å². The van der Waals surface area contributed by atoms with Crippen molar-refractivity contribution in [1.82, 2.24) is 0 Å². The molecule has 16 heavy (non-hydrogen) atoms. The van der Waals surface area contributed by atoms with Crippen LogP contribution < -0.4 is 0 Å². The average Bonchev–Trinajstić information content (AvgIpc) is 2.66. The van der Waals surface area contributed by atoms with Crippen LogP contribution >= 0.6 is 0 Å². The number of ether oxygens (including phenoxy) is 1. The first-order valence-corrected chi connectivity index (χ1v) is 6.16. The van der Waals surface area contributed by atoms with Crippen LogP contribution in [0.3, 0.4) is 0 Å². The molecule has 0 aromatic heterocycles. The number of allylic oxidation sites excluding steroid dienone is 2. The van der Waals surface area contributed by atoms with E-state index in [1.54, 1.807) is 0 Å². The van der Waals surface area contributed by atoms with Crippen LogP contribution in [-0.2, 0) is 9.53 Å². The largest absolute Gasteiger partial charge is 0.462 e. The second-order valence-corrected chi connectivity index (χ2v) is 5.72. The van der Waals surface area contributed by atoms with Crippen molar-refractivity contribution in [1.29, 1.82) is 0 Å². The van der Waals surface area contributed by atoms with Gasteiger partial charge in [-0.1, -0.05) is 32.4 Å². The van der Waals surface area contributed by atoms with E-state index in [1.165, 1.54) is 5.57 Å². The Morgan fingerprint density at radius 1 is 1.44 bits per heavy atom. The van der Waals surface area contributed by atoms with Crippen molar-refractivity contribution in [3.63, 3.8) is 0 Å². The van der Waals surface area contributed by atoms with Gasteiger partial charge in [0.2, 0.25) is 0 Å². The van der Waals surface area contributed by atoms with Crippen LogP contribution in [0.4, 0.5) is 0 Å². The van der Waals surface area contributed by atoms with E-state index in [9.17, 15) is 4.79 Å². The van der Waals surface area contributed by atoms with Gasteiger partial charge in [-0.2, -0.15) is 0 Å². The standard InChI is InChI=1S/C14H24O2/c1-7-10(4)16-13(15)12-11(8-9(2)3)14(12,5)6/h8,10-12H,7H2,1-6H3. The molecule has 1 aliphatic carbocycles. The van der Waals surface area contributed by atoms with E-state index < -0.39 is 0 Å². The molecule has 0 bridgehead atoms. The third-order valence-corrected chi connectivity index (χ3v) is 3.57. The number of hydrogen-bond donors (Lipinski definition) is 0. The molecule has 0 aliphatic heterocycles. The summed E-state index contributed by atoms with van der Waals surface area (Å²) in [6.07, 6.45) is 3.12. The Morgan fingerprint density at radius 3 is 2.44 bits per heavy atom. The minimum atomic E-state index is -0.0261. The van der Waals surface area contributed by atoms with Crippen LogP contribution in [0.25, 0.3) is 0 Å². The SMILES string of the molecule is CCC(C)OC(=O)C1C(C=C(C)C)C1(C)C. The van der Waals surface area contributed by atoms with Gasteiger partial charge in [-0.15, -0.1) is 0 Å². The molecule has 0 radical (unpaired) electrons. The molecule has 3 unspecified atom stereocenters. The summed E-state index contributed by atoms with van der Waals surface area (Å²) in [7, 11) is 0. The van der Waals surface area contributed by atoms with Crippen molar-refractivity contribution in [2.45, 2.75) is 54.1 Å². The number of carbonyl (C=O) groups is 1. The molecular formula is C14H24O2. The zero-order valence-electron chi connectivity index (χ0n) is 11.3. The lowest BCUT2D eigenvalue weighted by Gasteiger charge is -2.11. The molecule has 0 saturated heterocycles. The Morgan fingerprint density at radius 2 is 2.00 bits per heavy atom. The highest BCUT2D eigenvalue weighted by molar-refractivity contribution is 5.78. The van der Waals surface area contributed by atoms with Crippen LogP contribution in [0.5, 0.6) is 0 Å².